The number of anilines is 2. The Morgan fingerprint density at radius 3 is 2.91 bits per heavy atom. The minimum atomic E-state index is -0.221. The third-order valence-corrected chi connectivity index (χ3v) is 5.38. The number of thioether (sulfide) groups is 1. The highest BCUT2D eigenvalue weighted by Crippen LogP contribution is 2.29. The predicted molar refractivity (Wildman–Crippen MR) is 92.4 cm³/mol. The monoisotopic (exact) mass is 377 g/mol. The van der Waals surface area contributed by atoms with Crippen LogP contribution in [0.3, 0.4) is 0 Å². The Hall–Kier alpha value is -1.09. The number of halogens is 2. The van der Waals surface area contributed by atoms with Gasteiger partial charge in [-0.2, -0.15) is 0 Å². The SMILES string of the molecule is CCNc1nnc(SCC(=O)Nc2ncc(Cl)c(C)c2Cl)s1. The van der Waals surface area contributed by atoms with E-state index in [0.717, 1.165) is 16.0 Å². The number of aromatic nitrogens is 3. The van der Waals surface area contributed by atoms with E-state index in [2.05, 4.69) is 25.8 Å². The van der Waals surface area contributed by atoms with Crippen LogP contribution < -0.4 is 10.6 Å². The molecular formula is C12H13Cl2N5OS2. The largest absolute Gasteiger partial charge is 0.360 e. The second-order valence-electron chi connectivity index (χ2n) is 4.13. The Kier molecular flexibility index (Phi) is 6.25. The molecule has 6 nitrogen and oxygen atoms in total. The predicted octanol–water partition coefficient (Wildman–Crippen LogP) is 3.71. The fourth-order valence-electron chi connectivity index (χ4n) is 1.43. The van der Waals surface area contributed by atoms with Crippen LogP contribution in [-0.4, -0.2) is 33.4 Å². The molecule has 2 aromatic heterocycles. The summed E-state index contributed by atoms with van der Waals surface area (Å²) in [6, 6.07) is 0. The lowest BCUT2D eigenvalue weighted by atomic mass is 10.3. The second-order valence-corrected chi connectivity index (χ2v) is 7.12. The molecule has 2 heterocycles. The third-order valence-electron chi connectivity index (χ3n) is 2.52. The molecule has 0 saturated heterocycles. The zero-order chi connectivity index (χ0) is 16.1. The lowest BCUT2D eigenvalue weighted by Crippen LogP contribution is -2.15. The summed E-state index contributed by atoms with van der Waals surface area (Å²) in [6.07, 6.45) is 1.46. The molecule has 0 bridgehead atoms. The van der Waals surface area contributed by atoms with Crippen LogP contribution in [0.1, 0.15) is 12.5 Å². The van der Waals surface area contributed by atoms with Crippen LogP contribution in [0.25, 0.3) is 0 Å². The molecule has 0 spiro atoms. The summed E-state index contributed by atoms with van der Waals surface area (Å²) >= 11 is 14.7. The molecule has 0 aliphatic carbocycles. The van der Waals surface area contributed by atoms with Gasteiger partial charge in [0, 0.05) is 12.7 Å². The van der Waals surface area contributed by atoms with E-state index >= 15 is 0 Å². The first kappa shape index (κ1) is 17.3. The summed E-state index contributed by atoms with van der Waals surface area (Å²) in [5.74, 6) is 0.279. The van der Waals surface area contributed by atoms with Crippen molar-refractivity contribution in [2.45, 2.75) is 18.2 Å². The van der Waals surface area contributed by atoms with Gasteiger partial charge in [0.2, 0.25) is 11.0 Å². The first-order valence-electron chi connectivity index (χ1n) is 6.32. The molecule has 0 aromatic carbocycles. The minimum absolute atomic E-state index is 0.195. The van der Waals surface area contributed by atoms with Gasteiger partial charge in [-0.15, -0.1) is 10.2 Å². The van der Waals surface area contributed by atoms with Crippen molar-refractivity contribution in [1.82, 2.24) is 15.2 Å². The van der Waals surface area contributed by atoms with E-state index in [1.165, 1.54) is 29.3 Å². The number of nitrogens with zero attached hydrogens (tertiary/aromatic N) is 3. The topological polar surface area (TPSA) is 79.8 Å². The molecule has 0 atom stereocenters. The number of rotatable bonds is 6. The smallest absolute Gasteiger partial charge is 0.236 e. The second kappa shape index (κ2) is 7.96. The molecule has 0 aliphatic rings. The van der Waals surface area contributed by atoms with Gasteiger partial charge < -0.3 is 10.6 Å². The maximum atomic E-state index is 11.9. The Labute approximate surface area is 146 Å². The van der Waals surface area contributed by atoms with Gasteiger partial charge in [-0.1, -0.05) is 46.3 Å². The van der Waals surface area contributed by atoms with E-state index in [4.69, 9.17) is 23.2 Å². The summed E-state index contributed by atoms with van der Waals surface area (Å²) in [4.78, 5) is 16.0. The molecule has 1 amide bonds. The molecule has 0 saturated carbocycles. The molecule has 0 fully saturated rings. The Bertz CT molecular complexity index is 680. The van der Waals surface area contributed by atoms with E-state index in [0.29, 0.717) is 21.4 Å². The van der Waals surface area contributed by atoms with Crippen LogP contribution in [0.4, 0.5) is 10.9 Å². The zero-order valence-electron chi connectivity index (χ0n) is 11.8. The maximum Gasteiger partial charge on any atom is 0.236 e. The van der Waals surface area contributed by atoms with Crippen LogP contribution in [0.15, 0.2) is 10.5 Å². The van der Waals surface area contributed by atoms with Crippen LogP contribution in [0.2, 0.25) is 10.0 Å². The molecule has 22 heavy (non-hydrogen) atoms. The number of carbonyl (C=O) groups is 1. The molecular weight excluding hydrogens is 365 g/mol. The van der Waals surface area contributed by atoms with E-state index in [1.54, 1.807) is 6.92 Å². The molecule has 0 unspecified atom stereocenters. The number of nitrogens with one attached hydrogen (secondary N) is 2. The summed E-state index contributed by atoms with van der Waals surface area (Å²) in [5.41, 5.74) is 0.681. The third kappa shape index (κ3) is 4.45. The van der Waals surface area contributed by atoms with Gasteiger partial charge >= 0.3 is 0 Å². The average Bonchev–Trinajstić information content (AvgIpc) is 2.94. The van der Waals surface area contributed by atoms with Gasteiger partial charge in [0.05, 0.1) is 15.8 Å². The fourth-order valence-corrected chi connectivity index (χ4v) is 3.44. The lowest BCUT2D eigenvalue weighted by molar-refractivity contribution is -0.113. The van der Waals surface area contributed by atoms with E-state index < -0.39 is 0 Å². The van der Waals surface area contributed by atoms with E-state index in [9.17, 15) is 4.79 Å². The molecule has 10 heteroatoms. The van der Waals surface area contributed by atoms with Gasteiger partial charge in [-0.05, 0) is 19.4 Å². The molecule has 118 valence electrons. The summed E-state index contributed by atoms with van der Waals surface area (Å²) < 4.78 is 0.720. The summed E-state index contributed by atoms with van der Waals surface area (Å²) in [5, 5.41) is 15.2. The molecule has 2 rings (SSSR count). The van der Waals surface area contributed by atoms with E-state index in [1.807, 2.05) is 6.92 Å². The van der Waals surface area contributed by atoms with Gasteiger partial charge in [0.15, 0.2) is 10.2 Å². The minimum Gasteiger partial charge on any atom is -0.360 e. The molecule has 0 radical (unpaired) electrons. The van der Waals surface area contributed by atoms with Gasteiger partial charge in [-0.25, -0.2) is 4.98 Å². The Morgan fingerprint density at radius 1 is 1.41 bits per heavy atom. The highest BCUT2D eigenvalue weighted by molar-refractivity contribution is 8.01. The van der Waals surface area contributed by atoms with Crippen molar-refractivity contribution < 1.29 is 4.79 Å². The van der Waals surface area contributed by atoms with Crippen molar-refractivity contribution in [1.29, 1.82) is 0 Å². The number of hydrogen-bond acceptors (Lipinski definition) is 7. The number of pyridine rings is 1. The van der Waals surface area contributed by atoms with Crippen molar-refractivity contribution in [3.8, 4) is 0 Å². The van der Waals surface area contributed by atoms with Crippen molar-refractivity contribution >= 4 is 63.2 Å². The summed E-state index contributed by atoms with van der Waals surface area (Å²) in [6.45, 7) is 4.52. The van der Waals surface area contributed by atoms with Crippen molar-refractivity contribution in [2.24, 2.45) is 0 Å². The zero-order valence-corrected chi connectivity index (χ0v) is 15.0. The van der Waals surface area contributed by atoms with Crippen LogP contribution in [0.5, 0.6) is 0 Å². The van der Waals surface area contributed by atoms with Gasteiger partial charge in [0.25, 0.3) is 0 Å². The summed E-state index contributed by atoms with van der Waals surface area (Å²) in [7, 11) is 0. The molecule has 2 N–H and O–H groups in total. The van der Waals surface area contributed by atoms with Crippen LogP contribution in [-0.2, 0) is 4.79 Å². The molecule has 0 aliphatic heterocycles. The fraction of sp³-hybridized carbons (Fsp3) is 0.333. The normalized spacial score (nSPS) is 10.5. The van der Waals surface area contributed by atoms with Crippen molar-refractivity contribution in [3.05, 3.63) is 21.8 Å². The first-order chi connectivity index (χ1) is 10.5. The van der Waals surface area contributed by atoms with Gasteiger partial charge in [0.1, 0.15) is 0 Å². The van der Waals surface area contributed by atoms with Gasteiger partial charge in [-0.3, -0.25) is 4.79 Å². The Morgan fingerprint density at radius 2 is 2.18 bits per heavy atom. The van der Waals surface area contributed by atoms with Crippen LogP contribution >= 0.6 is 46.3 Å². The Balaban J connectivity index is 1.91. The number of carbonyl (C=O) groups excluding carboxylic acids is 1. The highest BCUT2D eigenvalue weighted by atomic mass is 35.5. The molecule has 2 aromatic rings. The number of amides is 1. The van der Waals surface area contributed by atoms with E-state index in [-0.39, 0.29) is 11.7 Å². The lowest BCUT2D eigenvalue weighted by Gasteiger charge is -2.08. The maximum absolute atomic E-state index is 11.9. The van der Waals surface area contributed by atoms with Crippen molar-refractivity contribution in [3.63, 3.8) is 0 Å². The first-order valence-corrected chi connectivity index (χ1v) is 8.87. The highest BCUT2D eigenvalue weighted by Gasteiger charge is 2.13. The number of hydrogen-bond donors (Lipinski definition) is 2. The standard InChI is InChI=1S/C12H13Cl2N5OS2/c1-3-15-11-18-19-12(22-11)21-5-8(20)17-10-9(14)6(2)7(13)4-16-10/h4H,3,5H2,1-2H3,(H,15,18)(H,16,17,20). The average molecular weight is 378 g/mol. The van der Waals surface area contributed by atoms with Crippen LogP contribution in [0, 0.1) is 6.92 Å². The van der Waals surface area contributed by atoms with Crippen molar-refractivity contribution in [2.75, 3.05) is 22.9 Å². The quantitative estimate of drug-likeness (QED) is 0.746.